The van der Waals surface area contributed by atoms with Crippen LogP contribution in [0.15, 0.2) is 94.9 Å². The quantitative estimate of drug-likeness (QED) is 0.117. The molecular formula is C34H32N2O8. The molecule has 3 aromatic carbocycles. The van der Waals surface area contributed by atoms with Crippen molar-refractivity contribution in [3.63, 3.8) is 0 Å². The van der Waals surface area contributed by atoms with Crippen molar-refractivity contribution in [2.24, 2.45) is 9.98 Å². The third-order valence-corrected chi connectivity index (χ3v) is 5.92. The minimum atomic E-state index is -0.977. The number of hydrogen-bond donors (Lipinski definition) is 0. The van der Waals surface area contributed by atoms with Gasteiger partial charge < -0.3 is 18.9 Å². The van der Waals surface area contributed by atoms with Crippen LogP contribution in [0, 0.1) is 0 Å². The molecule has 0 aliphatic carbocycles. The van der Waals surface area contributed by atoms with Crippen LogP contribution in [0.2, 0.25) is 0 Å². The molecular weight excluding hydrogens is 564 g/mol. The van der Waals surface area contributed by atoms with Gasteiger partial charge in [0.1, 0.15) is 0 Å². The van der Waals surface area contributed by atoms with Gasteiger partial charge in [-0.05, 0) is 72.5 Å². The van der Waals surface area contributed by atoms with E-state index >= 15 is 0 Å². The topological polar surface area (TPSA) is 130 Å². The Morgan fingerprint density at radius 2 is 0.864 bits per heavy atom. The zero-order valence-electron chi connectivity index (χ0n) is 24.7. The number of aliphatic imine (C=N–C) groups is 2. The number of hydrogen-bond acceptors (Lipinski definition) is 10. The van der Waals surface area contributed by atoms with E-state index in [9.17, 15) is 19.2 Å². The molecule has 0 aliphatic heterocycles. The molecule has 0 fully saturated rings. The predicted octanol–water partition coefficient (Wildman–Crippen LogP) is 5.42. The fraction of sp³-hybridized carbons (Fsp3) is 0.176. The van der Waals surface area contributed by atoms with E-state index in [4.69, 9.17) is 9.47 Å². The summed E-state index contributed by atoms with van der Waals surface area (Å²) in [5.74, 6) is -2.53. The third kappa shape index (κ3) is 11.0. The van der Waals surface area contributed by atoms with Crippen LogP contribution in [0.3, 0.4) is 0 Å². The highest BCUT2D eigenvalue weighted by atomic mass is 16.6. The van der Waals surface area contributed by atoms with Crippen LogP contribution >= 0.6 is 0 Å². The van der Waals surface area contributed by atoms with Crippen LogP contribution in [0.1, 0.15) is 36.1 Å². The van der Waals surface area contributed by atoms with Gasteiger partial charge in [0.05, 0.1) is 25.6 Å². The first kappa shape index (κ1) is 32.9. The number of benzene rings is 3. The predicted molar refractivity (Wildman–Crippen MR) is 167 cm³/mol. The molecule has 10 nitrogen and oxygen atoms in total. The average Bonchev–Trinajstić information content (AvgIpc) is 3.05. The second kappa shape index (κ2) is 16.7. The first-order valence-electron chi connectivity index (χ1n) is 13.5. The standard InChI is InChI=1S/C34H32N2O8/c1-23(33(39)41-3)43-31(37)19-13-25-9-15-29(16-10-25)35-21-27-5-7-28(8-6-27)22-36-30-17-11-26(12-18-30)14-20-32(38)44-24(2)34(40)42-4/h5-24H,1-4H3/b19-13+,20-14+,35-21?,36-22?/t23-,24-/m0/s1. The van der Waals surface area contributed by atoms with Crippen LogP contribution in [0.25, 0.3) is 12.2 Å². The molecule has 44 heavy (non-hydrogen) atoms. The summed E-state index contributed by atoms with van der Waals surface area (Å²) in [5.41, 5.74) is 4.83. The number of esters is 4. The molecule has 0 saturated heterocycles. The fourth-order valence-electron chi connectivity index (χ4n) is 3.49. The third-order valence-electron chi connectivity index (χ3n) is 5.92. The van der Waals surface area contributed by atoms with Gasteiger partial charge in [-0.2, -0.15) is 0 Å². The molecule has 0 amide bonds. The number of carbonyl (C=O) groups excluding carboxylic acids is 4. The lowest BCUT2D eigenvalue weighted by Crippen LogP contribution is -2.24. The van der Waals surface area contributed by atoms with Gasteiger partial charge in [-0.15, -0.1) is 0 Å². The number of carbonyl (C=O) groups is 4. The molecule has 0 radical (unpaired) electrons. The number of ether oxygens (including phenoxy) is 4. The summed E-state index contributed by atoms with van der Waals surface area (Å²) in [6.07, 6.45) is 7.19. The van der Waals surface area contributed by atoms with Crippen molar-refractivity contribution in [1.29, 1.82) is 0 Å². The van der Waals surface area contributed by atoms with Gasteiger partial charge >= 0.3 is 23.9 Å². The lowest BCUT2D eigenvalue weighted by atomic mass is 10.1. The van der Waals surface area contributed by atoms with E-state index in [1.54, 1.807) is 24.6 Å². The SMILES string of the molecule is COC(=O)[C@H](C)OC(=O)/C=C/c1ccc(N=Cc2ccc(C=Nc3ccc(/C=C/C(=O)O[C@@H](C)C(=O)OC)cc3)cc2)cc1. The van der Waals surface area contributed by atoms with Crippen molar-refractivity contribution in [3.8, 4) is 0 Å². The Hall–Kier alpha value is -5.64. The Bertz CT molecular complexity index is 1440. The molecule has 10 heteroatoms. The monoisotopic (exact) mass is 596 g/mol. The Morgan fingerprint density at radius 3 is 1.18 bits per heavy atom. The van der Waals surface area contributed by atoms with Gasteiger partial charge in [-0.25, -0.2) is 19.2 Å². The average molecular weight is 597 g/mol. The lowest BCUT2D eigenvalue weighted by Gasteiger charge is -2.08. The summed E-state index contributed by atoms with van der Waals surface area (Å²) in [4.78, 5) is 55.3. The summed E-state index contributed by atoms with van der Waals surface area (Å²) in [6.45, 7) is 2.88. The van der Waals surface area contributed by atoms with Crippen LogP contribution in [0.4, 0.5) is 11.4 Å². The van der Waals surface area contributed by atoms with E-state index in [1.165, 1.54) is 40.2 Å². The summed E-state index contributed by atoms with van der Waals surface area (Å²) in [6, 6.07) is 22.2. The number of nitrogens with zero attached hydrogens (tertiary/aromatic N) is 2. The van der Waals surface area contributed by atoms with Gasteiger partial charge in [0.25, 0.3) is 0 Å². The van der Waals surface area contributed by atoms with Crippen molar-refractivity contribution >= 4 is 59.8 Å². The molecule has 0 unspecified atom stereocenters. The minimum absolute atomic E-state index is 0.623. The van der Waals surface area contributed by atoms with Crippen molar-refractivity contribution in [3.05, 3.63) is 107 Å². The minimum Gasteiger partial charge on any atom is -0.466 e. The molecule has 226 valence electrons. The zero-order chi connectivity index (χ0) is 31.9. The van der Waals surface area contributed by atoms with Gasteiger partial charge in [-0.1, -0.05) is 48.5 Å². The normalized spacial score (nSPS) is 12.8. The molecule has 0 aromatic heterocycles. The van der Waals surface area contributed by atoms with Crippen LogP contribution < -0.4 is 0 Å². The van der Waals surface area contributed by atoms with Gasteiger partial charge in [0.2, 0.25) is 0 Å². The number of methoxy groups -OCH3 is 2. The maximum absolute atomic E-state index is 11.8. The molecule has 0 aliphatic rings. The van der Waals surface area contributed by atoms with E-state index in [0.717, 1.165) is 33.6 Å². The Morgan fingerprint density at radius 1 is 0.545 bits per heavy atom. The van der Waals surface area contributed by atoms with Crippen LogP contribution in [-0.4, -0.2) is 62.7 Å². The zero-order valence-corrected chi connectivity index (χ0v) is 24.7. The van der Waals surface area contributed by atoms with Gasteiger partial charge in [0, 0.05) is 24.6 Å². The van der Waals surface area contributed by atoms with Crippen molar-refractivity contribution in [2.45, 2.75) is 26.1 Å². The summed E-state index contributed by atoms with van der Waals surface area (Å²) in [5, 5.41) is 0. The lowest BCUT2D eigenvalue weighted by molar-refractivity contribution is -0.161. The van der Waals surface area contributed by atoms with Crippen molar-refractivity contribution in [2.75, 3.05) is 14.2 Å². The maximum Gasteiger partial charge on any atom is 0.346 e. The highest BCUT2D eigenvalue weighted by Crippen LogP contribution is 2.16. The summed E-state index contributed by atoms with van der Waals surface area (Å²) in [7, 11) is 2.45. The second-order valence-electron chi connectivity index (χ2n) is 9.24. The van der Waals surface area contributed by atoms with E-state index < -0.39 is 36.1 Å². The summed E-state index contributed by atoms with van der Waals surface area (Å²) >= 11 is 0. The first-order valence-corrected chi connectivity index (χ1v) is 13.5. The largest absolute Gasteiger partial charge is 0.466 e. The molecule has 0 saturated carbocycles. The van der Waals surface area contributed by atoms with Gasteiger partial charge in [-0.3, -0.25) is 9.98 Å². The Kier molecular flexibility index (Phi) is 12.5. The van der Waals surface area contributed by atoms with Crippen LogP contribution in [0.5, 0.6) is 0 Å². The number of rotatable bonds is 12. The molecule has 0 heterocycles. The fourth-order valence-corrected chi connectivity index (χ4v) is 3.49. The van der Waals surface area contributed by atoms with Crippen molar-refractivity contribution < 1.29 is 38.1 Å². The first-order chi connectivity index (χ1) is 21.2. The highest BCUT2D eigenvalue weighted by Gasteiger charge is 2.17. The highest BCUT2D eigenvalue weighted by molar-refractivity contribution is 5.90. The molecule has 0 bridgehead atoms. The van der Waals surface area contributed by atoms with Gasteiger partial charge in [0.15, 0.2) is 12.2 Å². The Labute approximate surface area is 255 Å². The van der Waals surface area contributed by atoms with Crippen molar-refractivity contribution in [1.82, 2.24) is 0 Å². The smallest absolute Gasteiger partial charge is 0.346 e. The van der Waals surface area contributed by atoms with E-state index in [-0.39, 0.29) is 0 Å². The van der Waals surface area contributed by atoms with E-state index in [0.29, 0.717) is 0 Å². The molecule has 3 rings (SSSR count). The molecule has 3 aromatic rings. The van der Waals surface area contributed by atoms with E-state index in [2.05, 4.69) is 19.5 Å². The molecule has 0 spiro atoms. The second-order valence-corrected chi connectivity index (χ2v) is 9.24. The Balaban J connectivity index is 1.49. The van der Waals surface area contributed by atoms with E-state index in [1.807, 2.05) is 72.8 Å². The van der Waals surface area contributed by atoms with Crippen LogP contribution in [-0.2, 0) is 38.1 Å². The molecule has 0 N–H and O–H groups in total. The molecule has 2 atom stereocenters. The summed E-state index contributed by atoms with van der Waals surface area (Å²) < 4.78 is 19.0. The maximum atomic E-state index is 11.8.